The maximum Gasteiger partial charge on any atom is 0.270 e. The Kier molecular flexibility index (Phi) is 4.10. The number of benzene rings is 1. The number of thiophene rings is 1. The summed E-state index contributed by atoms with van der Waals surface area (Å²) >= 11 is 5.10. The minimum atomic E-state index is 0.0118. The van der Waals surface area contributed by atoms with Gasteiger partial charge in [-0.15, -0.1) is 11.3 Å². The summed E-state index contributed by atoms with van der Waals surface area (Å²) < 4.78 is 1.08. The molecule has 3 aromatic rings. The first-order chi connectivity index (χ1) is 10.4. The second-order valence-corrected chi connectivity index (χ2v) is 8.14. The van der Waals surface area contributed by atoms with Crippen molar-refractivity contribution < 1.29 is 4.79 Å². The molecule has 3 nitrogen and oxygen atoms in total. The number of rotatable bonds is 3. The van der Waals surface area contributed by atoms with Crippen molar-refractivity contribution in [3.8, 4) is 0 Å². The Morgan fingerprint density at radius 2 is 2.05 bits per heavy atom. The van der Waals surface area contributed by atoms with Gasteiger partial charge in [0.2, 0.25) is 0 Å². The zero-order chi connectivity index (χ0) is 15.9. The van der Waals surface area contributed by atoms with E-state index in [0.29, 0.717) is 12.2 Å². The first-order valence-electron chi connectivity index (χ1n) is 7.03. The molecule has 0 aliphatic heterocycles. The largest absolute Gasteiger partial charge is 0.351 e. The van der Waals surface area contributed by atoms with Crippen molar-refractivity contribution in [3.05, 3.63) is 55.8 Å². The van der Waals surface area contributed by atoms with E-state index in [4.69, 9.17) is 0 Å². The van der Waals surface area contributed by atoms with Crippen molar-refractivity contribution in [1.29, 1.82) is 0 Å². The zero-order valence-corrected chi connectivity index (χ0v) is 15.1. The van der Waals surface area contributed by atoms with Crippen molar-refractivity contribution in [2.24, 2.45) is 0 Å². The lowest BCUT2D eigenvalue weighted by Crippen LogP contribution is -2.26. The number of nitrogens with zero attached hydrogens (tertiary/aromatic N) is 1. The Morgan fingerprint density at radius 1 is 1.27 bits per heavy atom. The summed E-state index contributed by atoms with van der Waals surface area (Å²) in [7, 11) is 1.83. The number of aryl methyl sites for hydroxylation is 2. The number of hydrogen-bond acceptors (Lipinski definition) is 2. The molecule has 0 aliphatic carbocycles. The maximum absolute atomic E-state index is 12.6. The van der Waals surface area contributed by atoms with Crippen LogP contribution >= 0.6 is 27.3 Å². The molecule has 114 valence electrons. The first kappa shape index (κ1) is 15.3. The van der Waals surface area contributed by atoms with Gasteiger partial charge in [-0.3, -0.25) is 4.79 Å². The molecule has 0 radical (unpaired) electrons. The van der Waals surface area contributed by atoms with E-state index >= 15 is 0 Å². The number of halogens is 1. The van der Waals surface area contributed by atoms with Crippen molar-refractivity contribution in [3.63, 3.8) is 0 Å². The number of fused-ring (bicyclic) bond motifs is 1. The molecular formula is C17H17BrN2OS. The molecule has 1 amide bonds. The molecule has 0 saturated heterocycles. The molecule has 0 aliphatic rings. The summed E-state index contributed by atoms with van der Waals surface area (Å²) in [6, 6.07) is 10.2. The summed E-state index contributed by atoms with van der Waals surface area (Å²) in [6.07, 6.45) is 0. The lowest BCUT2D eigenvalue weighted by Gasteiger charge is -2.15. The van der Waals surface area contributed by atoms with Crippen LogP contribution in [-0.2, 0) is 6.54 Å². The molecule has 1 aromatic carbocycles. The average molecular weight is 377 g/mol. The molecule has 0 unspecified atom stereocenters. The van der Waals surface area contributed by atoms with E-state index in [1.807, 2.05) is 25.2 Å². The van der Waals surface area contributed by atoms with Crippen molar-refractivity contribution in [1.82, 2.24) is 9.88 Å². The summed E-state index contributed by atoms with van der Waals surface area (Å²) in [5.41, 5.74) is 4.05. The Hall–Kier alpha value is -1.59. The van der Waals surface area contributed by atoms with E-state index in [-0.39, 0.29) is 5.91 Å². The third-order valence-corrected chi connectivity index (χ3v) is 5.30. The van der Waals surface area contributed by atoms with Gasteiger partial charge in [-0.05, 0) is 65.2 Å². The normalized spacial score (nSPS) is 11.1. The molecule has 2 heterocycles. The predicted molar refractivity (Wildman–Crippen MR) is 95.6 cm³/mol. The van der Waals surface area contributed by atoms with E-state index in [0.717, 1.165) is 19.6 Å². The standard InChI is InChI=1S/C17H17BrN2OS/c1-10-6-11(2)13-8-15(19-14(13)7-10)17(21)20(3)9-12-4-5-16(18)22-12/h4-8,19H,9H2,1-3H3. The third kappa shape index (κ3) is 2.96. The van der Waals surface area contributed by atoms with Crippen LogP contribution in [0.1, 0.15) is 26.5 Å². The average Bonchev–Trinajstić information content (AvgIpc) is 3.04. The summed E-state index contributed by atoms with van der Waals surface area (Å²) in [4.78, 5) is 18.8. The fraction of sp³-hybridized carbons (Fsp3) is 0.235. The highest BCUT2D eigenvalue weighted by Crippen LogP contribution is 2.25. The molecule has 22 heavy (non-hydrogen) atoms. The van der Waals surface area contributed by atoms with E-state index in [1.165, 1.54) is 11.1 Å². The molecule has 3 rings (SSSR count). The van der Waals surface area contributed by atoms with Gasteiger partial charge < -0.3 is 9.88 Å². The number of carbonyl (C=O) groups is 1. The molecule has 0 atom stereocenters. The number of nitrogens with one attached hydrogen (secondary N) is 1. The Balaban J connectivity index is 1.86. The molecule has 1 N–H and O–H groups in total. The number of H-pyrrole nitrogens is 1. The van der Waals surface area contributed by atoms with Crippen LogP contribution in [0.2, 0.25) is 0 Å². The minimum Gasteiger partial charge on any atom is -0.351 e. The van der Waals surface area contributed by atoms with E-state index in [1.54, 1.807) is 16.2 Å². The van der Waals surface area contributed by atoms with Crippen molar-refractivity contribution in [2.75, 3.05) is 7.05 Å². The van der Waals surface area contributed by atoms with Gasteiger partial charge in [0.25, 0.3) is 5.91 Å². The molecule has 2 aromatic heterocycles. The van der Waals surface area contributed by atoms with E-state index < -0.39 is 0 Å². The van der Waals surface area contributed by atoms with Crippen LogP contribution in [0.5, 0.6) is 0 Å². The highest BCUT2D eigenvalue weighted by Gasteiger charge is 2.16. The van der Waals surface area contributed by atoms with Gasteiger partial charge in [-0.2, -0.15) is 0 Å². The zero-order valence-electron chi connectivity index (χ0n) is 12.7. The number of amides is 1. The molecule has 0 bridgehead atoms. The molecule has 0 fully saturated rings. The Morgan fingerprint density at radius 3 is 2.73 bits per heavy atom. The minimum absolute atomic E-state index is 0.0118. The van der Waals surface area contributed by atoms with Gasteiger partial charge in [0.05, 0.1) is 10.3 Å². The number of carbonyl (C=O) groups excluding carboxylic acids is 1. The predicted octanol–water partition coefficient (Wildman–Crippen LogP) is 4.88. The van der Waals surface area contributed by atoms with Gasteiger partial charge in [-0.25, -0.2) is 0 Å². The second kappa shape index (κ2) is 5.89. The molecular weight excluding hydrogens is 360 g/mol. The van der Waals surface area contributed by atoms with Crippen molar-refractivity contribution in [2.45, 2.75) is 20.4 Å². The fourth-order valence-electron chi connectivity index (χ4n) is 2.66. The smallest absolute Gasteiger partial charge is 0.270 e. The first-order valence-corrected chi connectivity index (χ1v) is 8.64. The van der Waals surface area contributed by atoms with Gasteiger partial charge >= 0.3 is 0 Å². The lowest BCUT2D eigenvalue weighted by atomic mass is 10.1. The monoisotopic (exact) mass is 376 g/mol. The van der Waals surface area contributed by atoms with Gasteiger partial charge in [0, 0.05) is 22.8 Å². The Labute approximate surface area is 142 Å². The van der Waals surface area contributed by atoms with Crippen molar-refractivity contribution >= 4 is 44.1 Å². The van der Waals surface area contributed by atoms with Crippen LogP contribution in [0, 0.1) is 13.8 Å². The summed E-state index contributed by atoms with van der Waals surface area (Å²) in [5, 5.41) is 1.11. The SMILES string of the molecule is Cc1cc(C)c2cc(C(=O)N(C)Cc3ccc(Br)s3)[nH]c2c1. The van der Waals surface area contributed by atoms with Crippen LogP contribution in [0.25, 0.3) is 10.9 Å². The van der Waals surface area contributed by atoms with E-state index in [2.05, 4.69) is 46.9 Å². The quantitative estimate of drug-likeness (QED) is 0.694. The van der Waals surface area contributed by atoms with Crippen LogP contribution in [0.4, 0.5) is 0 Å². The lowest BCUT2D eigenvalue weighted by molar-refractivity contribution is 0.0781. The molecule has 0 spiro atoms. The highest BCUT2D eigenvalue weighted by atomic mass is 79.9. The number of hydrogen-bond donors (Lipinski definition) is 1. The van der Waals surface area contributed by atoms with Crippen LogP contribution in [-0.4, -0.2) is 22.8 Å². The number of aromatic amines is 1. The summed E-state index contributed by atoms with van der Waals surface area (Å²) in [5.74, 6) is 0.0118. The van der Waals surface area contributed by atoms with Crippen LogP contribution in [0.15, 0.2) is 34.1 Å². The highest BCUT2D eigenvalue weighted by molar-refractivity contribution is 9.11. The number of aromatic nitrogens is 1. The van der Waals surface area contributed by atoms with Gasteiger partial charge in [-0.1, -0.05) is 6.07 Å². The second-order valence-electron chi connectivity index (χ2n) is 5.59. The molecule has 0 saturated carbocycles. The van der Waals surface area contributed by atoms with Gasteiger partial charge in [0.1, 0.15) is 5.69 Å². The topological polar surface area (TPSA) is 36.1 Å². The summed E-state index contributed by atoms with van der Waals surface area (Å²) in [6.45, 7) is 4.75. The van der Waals surface area contributed by atoms with Crippen LogP contribution < -0.4 is 0 Å². The molecule has 5 heteroatoms. The Bertz CT molecular complexity index is 850. The third-order valence-electron chi connectivity index (χ3n) is 3.69. The van der Waals surface area contributed by atoms with E-state index in [9.17, 15) is 4.79 Å². The van der Waals surface area contributed by atoms with Gasteiger partial charge in [0.15, 0.2) is 0 Å². The maximum atomic E-state index is 12.6. The fourth-order valence-corrected chi connectivity index (χ4v) is 4.20. The van der Waals surface area contributed by atoms with Crippen LogP contribution in [0.3, 0.4) is 0 Å².